The van der Waals surface area contributed by atoms with Gasteiger partial charge in [-0.1, -0.05) is 24.3 Å². The number of aromatic nitrogens is 1. The van der Waals surface area contributed by atoms with E-state index in [1.807, 2.05) is 24.3 Å². The summed E-state index contributed by atoms with van der Waals surface area (Å²) in [7, 11) is -4.08. The summed E-state index contributed by atoms with van der Waals surface area (Å²) in [6.07, 6.45) is 3.09. The fraction of sp³-hybridized carbons (Fsp3) is 0.333. The normalized spacial score (nSPS) is 15.2. The van der Waals surface area contributed by atoms with Gasteiger partial charge in [0.25, 0.3) is 0 Å². The molecule has 2 heterocycles. The van der Waals surface area contributed by atoms with Crippen molar-refractivity contribution < 1.29 is 22.7 Å². The van der Waals surface area contributed by atoms with Gasteiger partial charge < -0.3 is 14.6 Å². The molecule has 1 aliphatic heterocycles. The first kappa shape index (κ1) is 23.0. The number of nitrogens with one attached hydrogen (secondary N) is 2. The zero-order valence-electron chi connectivity index (χ0n) is 18.6. The van der Waals surface area contributed by atoms with E-state index in [-0.39, 0.29) is 23.8 Å². The minimum Gasteiger partial charge on any atom is -0.465 e. The van der Waals surface area contributed by atoms with E-state index in [0.29, 0.717) is 24.2 Å². The highest BCUT2D eigenvalue weighted by Crippen LogP contribution is 2.27. The highest BCUT2D eigenvalue weighted by molar-refractivity contribution is 7.89. The Hall–Kier alpha value is -3.17. The summed E-state index contributed by atoms with van der Waals surface area (Å²) in [5.74, 6) is -0.672. The average molecular weight is 470 g/mol. The Balaban J connectivity index is 1.65. The SMILES string of the molecule is CCOC(=O)[C@H](Cc1c[nH]c2ccccc12)NS(=O)(=O)c1cc(N2CCCC2=O)ccc1C. The molecule has 1 fully saturated rings. The number of hydrogen-bond donors (Lipinski definition) is 2. The van der Waals surface area contributed by atoms with E-state index in [0.717, 1.165) is 22.9 Å². The first-order valence-corrected chi connectivity index (χ1v) is 12.4. The second-order valence-corrected chi connectivity index (χ2v) is 9.77. The molecule has 4 rings (SSSR count). The predicted molar refractivity (Wildman–Crippen MR) is 126 cm³/mol. The van der Waals surface area contributed by atoms with Gasteiger partial charge >= 0.3 is 5.97 Å². The van der Waals surface area contributed by atoms with Crippen LogP contribution in [0.3, 0.4) is 0 Å². The van der Waals surface area contributed by atoms with Crippen molar-refractivity contribution in [2.75, 3.05) is 18.1 Å². The number of fused-ring (bicyclic) bond motifs is 1. The van der Waals surface area contributed by atoms with Crippen molar-refractivity contribution >= 4 is 38.5 Å². The lowest BCUT2D eigenvalue weighted by Crippen LogP contribution is -2.43. The first-order valence-electron chi connectivity index (χ1n) is 10.9. The Bertz CT molecular complexity index is 1300. The molecule has 2 N–H and O–H groups in total. The van der Waals surface area contributed by atoms with Crippen LogP contribution in [0.1, 0.15) is 30.9 Å². The van der Waals surface area contributed by atoms with E-state index in [2.05, 4.69) is 9.71 Å². The topological polar surface area (TPSA) is 109 Å². The number of rotatable bonds is 8. The van der Waals surface area contributed by atoms with Crippen molar-refractivity contribution in [2.24, 2.45) is 0 Å². The largest absolute Gasteiger partial charge is 0.465 e. The van der Waals surface area contributed by atoms with Gasteiger partial charge in [0.15, 0.2) is 0 Å². The number of aromatic amines is 1. The van der Waals surface area contributed by atoms with Gasteiger partial charge in [-0.3, -0.25) is 9.59 Å². The molecule has 1 aliphatic rings. The number of para-hydroxylation sites is 1. The average Bonchev–Trinajstić information content (AvgIpc) is 3.40. The molecule has 1 saturated heterocycles. The zero-order chi connectivity index (χ0) is 23.6. The number of nitrogens with zero attached hydrogens (tertiary/aromatic N) is 1. The quantitative estimate of drug-likeness (QED) is 0.493. The molecule has 0 saturated carbocycles. The van der Waals surface area contributed by atoms with Crippen molar-refractivity contribution in [2.45, 2.75) is 44.0 Å². The molecule has 9 heteroatoms. The van der Waals surface area contributed by atoms with Crippen LogP contribution >= 0.6 is 0 Å². The van der Waals surface area contributed by atoms with Gasteiger partial charge in [-0.05, 0) is 49.6 Å². The van der Waals surface area contributed by atoms with Crippen molar-refractivity contribution in [3.05, 3.63) is 59.8 Å². The number of anilines is 1. The summed E-state index contributed by atoms with van der Waals surface area (Å²) >= 11 is 0. The van der Waals surface area contributed by atoms with Gasteiger partial charge in [0.05, 0.1) is 11.5 Å². The highest BCUT2D eigenvalue weighted by Gasteiger charge is 2.30. The van der Waals surface area contributed by atoms with Crippen LogP contribution in [-0.4, -0.2) is 44.5 Å². The van der Waals surface area contributed by atoms with Gasteiger partial charge in [0.1, 0.15) is 6.04 Å². The highest BCUT2D eigenvalue weighted by atomic mass is 32.2. The Kier molecular flexibility index (Phi) is 6.53. The molecule has 1 aromatic heterocycles. The van der Waals surface area contributed by atoms with Crippen LogP contribution in [0.2, 0.25) is 0 Å². The van der Waals surface area contributed by atoms with Gasteiger partial charge in [0, 0.05) is 42.2 Å². The molecule has 0 unspecified atom stereocenters. The van der Waals surface area contributed by atoms with E-state index in [1.54, 1.807) is 37.1 Å². The molecular weight excluding hydrogens is 442 g/mol. The molecule has 1 atom stereocenters. The van der Waals surface area contributed by atoms with E-state index in [9.17, 15) is 18.0 Å². The number of benzene rings is 2. The molecule has 0 radical (unpaired) electrons. The number of sulfonamides is 1. The lowest BCUT2D eigenvalue weighted by Gasteiger charge is -2.20. The van der Waals surface area contributed by atoms with Gasteiger partial charge in [-0.25, -0.2) is 8.42 Å². The molecular formula is C24H27N3O5S. The molecule has 33 heavy (non-hydrogen) atoms. The standard InChI is InChI=1S/C24H27N3O5S/c1-3-32-24(29)21(13-17-15-25-20-8-5-4-7-19(17)20)26-33(30,31)22-14-18(11-10-16(22)2)27-12-6-9-23(27)28/h4-5,7-8,10-11,14-15,21,25-26H,3,6,9,12-13H2,1-2H3/t21-/m0/s1. The summed E-state index contributed by atoms with van der Waals surface area (Å²) in [5.41, 5.74) is 2.76. The van der Waals surface area contributed by atoms with Crippen LogP contribution in [0.4, 0.5) is 5.69 Å². The van der Waals surface area contributed by atoms with E-state index < -0.39 is 22.0 Å². The van der Waals surface area contributed by atoms with E-state index in [1.165, 1.54) is 6.07 Å². The summed E-state index contributed by atoms with van der Waals surface area (Å²) < 4.78 is 34.5. The van der Waals surface area contributed by atoms with Crippen LogP contribution in [0, 0.1) is 6.92 Å². The first-order chi connectivity index (χ1) is 15.8. The van der Waals surface area contributed by atoms with E-state index in [4.69, 9.17) is 4.74 Å². The number of esters is 1. The second kappa shape index (κ2) is 9.36. The number of aryl methyl sites for hydroxylation is 1. The third-order valence-electron chi connectivity index (χ3n) is 5.81. The summed E-state index contributed by atoms with van der Waals surface area (Å²) in [6, 6.07) is 11.4. The molecule has 0 bridgehead atoms. The maximum atomic E-state index is 13.4. The minimum absolute atomic E-state index is 0.0288. The number of hydrogen-bond acceptors (Lipinski definition) is 5. The molecule has 3 aromatic rings. The van der Waals surface area contributed by atoms with Crippen molar-refractivity contribution in [3.8, 4) is 0 Å². The fourth-order valence-corrected chi connectivity index (χ4v) is 5.60. The van der Waals surface area contributed by atoms with Crippen LogP contribution in [0.25, 0.3) is 10.9 Å². The van der Waals surface area contributed by atoms with Gasteiger partial charge in [-0.15, -0.1) is 0 Å². The van der Waals surface area contributed by atoms with Gasteiger partial charge in [0.2, 0.25) is 15.9 Å². The van der Waals surface area contributed by atoms with Crippen LogP contribution < -0.4 is 9.62 Å². The number of carbonyl (C=O) groups excluding carboxylic acids is 2. The maximum Gasteiger partial charge on any atom is 0.324 e. The summed E-state index contributed by atoms with van der Waals surface area (Å²) in [5, 5.41) is 0.914. The number of ether oxygens (including phenoxy) is 1. The number of amides is 1. The van der Waals surface area contributed by atoms with Crippen LogP contribution in [0.15, 0.2) is 53.6 Å². The Labute approximate surface area is 193 Å². The number of H-pyrrole nitrogens is 1. The summed E-state index contributed by atoms with van der Waals surface area (Å²) in [6.45, 7) is 4.05. The van der Waals surface area contributed by atoms with Crippen molar-refractivity contribution in [1.29, 1.82) is 0 Å². The lowest BCUT2D eigenvalue weighted by molar-refractivity contribution is -0.145. The van der Waals surface area contributed by atoms with Crippen molar-refractivity contribution in [1.82, 2.24) is 9.71 Å². The second-order valence-electron chi connectivity index (χ2n) is 8.09. The molecule has 8 nitrogen and oxygen atoms in total. The molecule has 2 aromatic carbocycles. The molecule has 174 valence electrons. The molecule has 0 spiro atoms. The lowest BCUT2D eigenvalue weighted by atomic mass is 10.1. The van der Waals surface area contributed by atoms with Gasteiger partial charge in [-0.2, -0.15) is 4.72 Å². The third-order valence-corrected chi connectivity index (χ3v) is 7.43. The third kappa shape index (κ3) is 4.79. The Morgan fingerprint density at radius 1 is 1.24 bits per heavy atom. The van der Waals surface area contributed by atoms with Crippen LogP contribution in [0.5, 0.6) is 0 Å². The summed E-state index contributed by atoms with van der Waals surface area (Å²) in [4.78, 5) is 29.6. The minimum atomic E-state index is -4.08. The maximum absolute atomic E-state index is 13.4. The smallest absolute Gasteiger partial charge is 0.324 e. The Morgan fingerprint density at radius 3 is 2.76 bits per heavy atom. The monoisotopic (exact) mass is 469 g/mol. The predicted octanol–water partition coefficient (Wildman–Crippen LogP) is 3.06. The fourth-order valence-electron chi connectivity index (χ4n) is 4.15. The Morgan fingerprint density at radius 2 is 2.03 bits per heavy atom. The zero-order valence-corrected chi connectivity index (χ0v) is 19.4. The van der Waals surface area contributed by atoms with Crippen molar-refractivity contribution in [3.63, 3.8) is 0 Å². The van der Waals surface area contributed by atoms with E-state index >= 15 is 0 Å². The molecule has 0 aliphatic carbocycles. The number of carbonyl (C=O) groups is 2. The molecule has 1 amide bonds. The van der Waals surface area contributed by atoms with Crippen LogP contribution in [-0.2, 0) is 30.8 Å².